The highest BCUT2D eigenvalue weighted by atomic mass is 16.5. The van der Waals surface area contributed by atoms with Crippen LogP contribution < -0.4 is 0 Å². The lowest BCUT2D eigenvalue weighted by Crippen LogP contribution is -2.23. The highest BCUT2D eigenvalue weighted by Gasteiger charge is 2.15. The van der Waals surface area contributed by atoms with Gasteiger partial charge in [-0.2, -0.15) is 0 Å². The van der Waals surface area contributed by atoms with E-state index in [1.54, 1.807) is 0 Å². The fraction of sp³-hybridized carbons (Fsp3) is 0.900. The van der Waals surface area contributed by atoms with E-state index in [-0.39, 0.29) is 6.10 Å². The van der Waals surface area contributed by atoms with Gasteiger partial charge in [0.2, 0.25) is 6.29 Å². The van der Waals surface area contributed by atoms with Gasteiger partial charge in [-0.3, -0.25) is 4.79 Å². The first kappa shape index (κ1) is 11.6. The molecule has 12 heavy (non-hydrogen) atoms. The van der Waals surface area contributed by atoms with Crippen LogP contribution in [0.3, 0.4) is 0 Å². The molecule has 2 nitrogen and oxygen atoms in total. The molecule has 0 saturated carbocycles. The van der Waals surface area contributed by atoms with E-state index in [1.807, 2.05) is 13.2 Å². The van der Waals surface area contributed by atoms with Crippen molar-refractivity contribution in [2.75, 3.05) is 6.61 Å². The van der Waals surface area contributed by atoms with Crippen molar-refractivity contribution in [3.63, 3.8) is 0 Å². The molecule has 0 fully saturated rings. The van der Waals surface area contributed by atoms with E-state index < -0.39 is 0 Å². The molecule has 0 spiro atoms. The summed E-state index contributed by atoms with van der Waals surface area (Å²) in [5, 5.41) is 0. The molecule has 0 aromatic rings. The van der Waals surface area contributed by atoms with Crippen LogP contribution in [-0.4, -0.2) is 19.0 Å². The average molecular weight is 171 g/mol. The third kappa shape index (κ3) is 4.50. The van der Waals surface area contributed by atoms with Crippen LogP contribution in [0.2, 0.25) is 0 Å². The minimum Gasteiger partial charge on any atom is -0.370 e. The van der Waals surface area contributed by atoms with Gasteiger partial charge in [-0.15, -0.1) is 0 Å². The van der Waals surface area contributed by atoms with E-state index >= 15 is 0 Å². The third-order valence-corrected chi connectivity index (χ3v) is 2.07. The highest BCUT2D eigenvalue weighted by molar-refractivity contribution is 5.57. The summed E-state index contributed by atoms with van der Waals surface area (Å²) in [7, 11) is 0. The molecule has 2 atom stereocenters. The van der Waals surface area contributed by atoms with Crippen molar-refractivity contribution in [1.29, 1.82) is 0 Å². The Bertz CT molecular complexity index is 112. The predicted octanol–water partition coefficient (Wildman–Crippen LogP) is 2.33. The summed E-state index contributed by atoms with van der Waals surface area (Å²) < 4.78 is 5.36. The molecule has 0 aliphatic heterocycles. The molecule has 1 radical (unpaired) electrons. The topological polar surface area (TPSA) is 26.3 Å². The van der Waals surface area contributed by atoms with Gasteiger partial charge >= 0.3 is 0 Å². The minimum absolute atomic E-state index is 0.291. The van der Waals surface area contributed by atoms with Gasteiger partial charge in [0.1, 0.15) is 6.10 Å². The zero-order valence-corrected chi connectivity index (χ0v) is 8.30. The lowest BCUT2D eigenvalue weighted by atomic mass is 10.0. The van der Waals surface area contributed by atoms with Crippen molar-refractivity contribution >= 4 is 6.29 Å². The second-order valence-electron chi connectivity index (χ2n) is 3.15. The number of unbranched alkanes of at least 4 members (excludes halogenated alkanes) is 1. The van der Waals surface area contributed by atoms with Crippen LogP contribution in [0.4, 0.5) is 0 Å². The Hall–Kier alpha value is -0.370. The van der Waals surface area contributed by atoms with Gasteiger partial charge in [0, 0.05) is 6.61 Å². The van der Waals surface area contributed by atoms with Gasteiger partial charge in [-0.05, 0) is 12.3 Å². The molecule has 0 rings (SSSR count). The third-order valence-electron chi connectivity index (χ3n) is 2.07. The van der Waals surface area contributed by atoms with Crippen LogP contribution in [0.15, 0.2) is 0 Å². The summed E-state index contributed by atoms with van der Waals surface area (Å²) in [5.41, 5.74) is 0. The van der Waals surface area contributed by atoms with Crippen molar-refractivity contribution in [2.24, 2.45) is 5.92 Å². The largest absolute Gasteiger partial charge is 0.370 e. The maximum Gasteiger partial charge on any atom is 0.230 e. The Kier molecular flexibility index (Phi) is 7.06. The standard InChI is InChI=1S/C10H19O2/c1-4-6-7-12-10(8-11)9(3)5-2/h9-10H,4-7H2,1-3H3. The Labute approximate surface area is 75.3 Å². The molecule has 0 aromatic carbocycles. The molecule has 0 aliphatic carbocycles. The second kappa shape index (κ2) is 7.29. The van der Waals surface area contributed by atoms with Gasteiger partial charge < -0.3 is 4.74 Å². The predicted molar refractivity (Wildman–Crippen MR) is 49.8 cm³/mol. The highest BCUT2D eigenvalue weighted by Crippen LogP contribution is 2.09. The van der Waals surface area contributed by atoms with Crippen LogP contribution in [0, 0.1) is 5.92 Å². The molecule has 0 aromatic heterocycles. The first-order valence-corrected chi connectivity index (χ1v) is 4.75. The van der Waals surface area contributed by atoms with Crippen molar-refractivity contribution < 1.29 is 9.53 Å². The van der Waals surface area contributed by atoms with Crippen LogP contribution in [0.1, 0.15) is 40.0 Å². The van der Waals surface area contributed by atoms with Gasteiger partial charge in [-0.25, -0.2) is 0 Å². The molecular weight excluding hydrogens is 152 g/mol. The van der Waals surface area contributed by atoms with E-state index in [0.29, 0.717) is 12.5 Å². The Balaban J connectivity index is 3.59. The molecule has 71 valence electrons. The van der Waals surface area contributed by atoms with Gasteiger partial charge in [0.05, 0.1) is 0 Å². The number of ether oxygens (including phenoxy) is 1. The average Bonchev–Trinajstić information content (AvgIpc) is 2.11. The summed E-state index contributed by atoms with van der Waals surface area (Å²) in [4.78, 5) is 10.4. The number of hydrogen-bond donors (Lipinski definition) is 0. The first-order valence-electron chi connectivity index (χ1n) is 4.75. The van der Waals surface area contributed by atoms with E-state index in [1.165, 1.54) is 0 Å². The maximum atomic E-state index is 10.4. The lowest BCUT2D eigenvalue weighted by molar-refractivity contribution is 0.0582. The van der Waals surface area contributed by atoms with Gasteiger partial charge in [-0.1, -0.05) is 33.6 Å². The molecule has 0 N–H and O–H groups in total. The van der Waals surface area contributed by atoms with Crippen LogP contribution >= 0.6 is 0 Å². The van der Waals surface area contributed by atoms with Gasteiger partial charge in [0.25, 0.3) is 0 Å². The molecular formula is C10H19O2. The molecule has 0 saturated heterocycles. The molecule has 2 unspecified atom stereocenters. The zero-order valence-electron chi connectivity index (χ0n) is 8.30. The van der Waals surface area contributed by atoms with Crippen LogP contribution in [0.5, 0.6) is 0 Å². The molecule has 2 heteroatoms. The summed E-state index contributed by atoms with van der Waals surface area (Å²) in [5.74, 6) is 0.291. The number of hydrogen-bond acceptors (Lipinski definition) is 2. The van der Waals surface area contributed by atoms with Crippen LogP contribution in [0.25, 0.3) is 0 Å². The summed E-state index contributed by atoms with van der Waals surface area (Å²) >= 11 is 0. The molecule has 0 heterocycles. The van der Waals surface area contributed by atoms with Gasteiger partial charge in [0.15, 0.2) is 0 Å². The van der Waals surface area contributed by atoms with Crippen molar-refractivity contribution in [2.45, 2.75) is 46.1 Å². The van der Waals surface area contributed by atoms with Crippen molar-refractivity contribution in [1.82, 2.24) is 0 Å². The fourth-order valence-electron chi connectivity index (χ4n) is 0.883. The summed E-state index contributed by atoms with van der Waals surface area (Å²) in [6.45, 7) is 6.85. The quantitative estimate of drug-likeness (QED) is 0.549. The maximum absolute atomic E-state index is 10.4. The normalized spacial score (nSPS) is 15.6. The lowest BCUT2D eigenvalue weighted by Gasteiger charge is -2.16. The van der Waals surface area contributed by atoms with E-state index in [0.717, 1.165) is 19.3 Å². The Morgan fingerprint density at radius 3 is 2.50 bits per heavy atom. The Morgan fingerprint density at radius 2 is 2.08 bits per heavy atom. The van der Waals surface area contributed by atoms with Crippen LogP contribution in [-0.2, 0) is 9.53 Å². The first-order chi connectivity index (χ1) is 5.76. The zero-order chi connectivity index (χ0) is 9.40. The number of carbonyl (C=O) groups excluding carboxylic acids is 1. The minimum atomic E-state index is -0.318. The van der Waals surface area contributed by atoms with Crippen molar-refractivity contribution in [3.8, 4) is 0 Å². The van der Waals surface area contributed by atoms with E-state index in [9.17, 15) is 4.79 Å². The van der Waals surface area contributed by atoms with Crippen molar-refractivity contribution in [3.05, 3.63) is 0 Å². The monoisotopic (exact) mass is 171 g/mol. The smallest absolute Gasteiger partial charge is 0.230 e. The second-order valence-corrected chi connectivity index (χ2v) is 3.15. The summed E-state index contributed by atoms with van der Waals surface area (Å²) in [6.07, 6.45) is 4.71. The summed E-state index contributed by atoms with van der Waals surface area (Å²) in [6, 6.07) is 0. The SMILES string of the molecule is CCCCOC([C]=O)C(C)CC. The fourth-order valence-corrected chi connectivity index (χ4v) is 0.883. The number of rotatable bonds is 7. The molecule has 0 aliphatic rings. The molecule has 0 bridgehead atoms. The molecule has 0 amide bonds. The van der Waals surface area contributed by atoms with E-state index in [2.05, 4.69) is 13.8 Å². The van der Waals surface area contributed by atoms with E-state index in [4.69, 9.17) is 4.74 Å². The Morgan fingerprint density at radius 1 is 1.42 bits per heavy atom.